The minimum atomic E-state index is -0.338. The number of benzene rings is 1. The van der Waals surface area contributed by atoms with Crippen LogP contribution in [0.15, 0.2) is 39.1 Å². The molecule has 26 heavy (non-hydrogen) atoms. The van der Waals surface area contributed by atoms with Gasteiger partial charge in [-0.15, -0.1) is 23.1 Å². The van der Waals surface area contributed by atoms with Crippen LogP contribution in [0.5, 0.6) is 0 Å². The molecule has 3 rings (SSSR count). The zero-order valence-electron chi connectivity index (χ0n) is 14.6. The minimum Gasteiger partial charge on any atom is -0.309 e. The monoisotopic (exact) mass is 386 g/mol. The Hall–Kier alpha value is -2.45. The number of nitrogens with zero attached hydrogens (tertiary/aromatic N) is 2. The number of fused-ring (bicyclic) bond motifs is 1. The molecule has 0 atom stereocenters. The average Bonchev–Trinajstić information content (AvgIpc) is 2.90. The number of rotatable bonds is 5. The topological polar surface area (TPSA) is 87.2 Å². The number of aromatic amines is 1. The van der Waals surface area contributed by atoms with E-state index in [0.717, 1.165) is 20.9 Å². The molecule has 0 aliphatic heterocycles. The fourth-order valence-electron chi connectivity index (χ4n) is 2.44. The van der Waals surface area contributed by atoms with Crippen LogP contribution in [-0.4, -0.2) is 28.3 Å². The molecule has 2 N–H and O–H groups in total. The van der Waals surface area contributed by atoms with Crippen LogP contribution in [0.25, 0.3) is 10.2 Å². The molecule has 0 spiro atoms. The molecule has 2 heterocycles. The lowest BCUT2D eigenvalue weighted by molar-refractivity contribution is -0.120. The van der Waals surface area contributed by atoms with Gasteiger partial charge in [-0.25, -0.2) is 10.4 Å². The zero-order valence-corrected chi connectivity index (χ0v) is 16.3. The van der Waals surface area contributed by atoms with Crippen LogP contribution in [0.4, 0.5) is 0 Å². The molecule has 0 saturated heterocycles. The van der Waals surface area contributed by atoms with E-state index in [1.807, 2.05) is 44.4 Å². The lowest BCUT2D eigenvalue weighted by atomic mass is 10.2. The molecule has 6 nitrogen and oxygen atoms in total. The fraction of sp³-hybridized carbons (Fsp3) is 0.222. The first-order chi connectivity index (χ1) is 12.5. The molecule has 0 radical (unpaired) electrons. The molecule has 0 fully saturated rings. The predicted molar refractivity (Wildman–Crippen MR) is 107 cm³/mol. The first-order valence-corrected chi connectivity index (χ1v) is 9.97. The maximum absolute atomic E-state index is 12.2. The zero-order chi connectivity index (χ0) is 18.7. The highest BCUT2D eigenvalue weighted by Crippen LogP contribution is 2.25. The van der Waals surface area contributed by atoms with Gasteiger partial charge in [0.1, 0.15) is 10.7 Å². The number of hydrazone groups is 1. The first-order valence-electron chi connectivity index (χ1n) is 7.93. The largest absolute Gasteiger partial charge is 0.309 e. The highest BCUT2D eigenvalue weighted by molar-refractivity contribution is 7.98. The van der Waals surface area contributed by atoms with Crippen molar-refractivity contribution in [1.29, 1.82) is 0 Å². The van der Waals surface area contributed by atoms with Crippen molar-refractivity contribution >= 4 is 45.4 Å². The van der Waals surface area contributed by atoms with Crippen molar-refractivity contribution in [3.05, 3.63) is 56.4 Å². The highest BCUT2D eigenvalue weighted by atomic mass is 32.2. The van der Waals surface area contributed by atoms with E-state index in [2.05, 4.69) is 20.5 Å². The second-order valence-corrected chi connectivity index (χ2v) is 7.80. The number of hydrogen-bond acceptors (Lipinski definition) is 6. The van der Waals surface area contributed by atoms with Gasteiger partial charge in [0.25, 0.3) is 5.56 Å². The second-order valence-electron chi connectivity index (χ2n) is 5.72. The number of thiophene rings is 1. The number of nitrogens with one attached hydrogen (secondary N) is 2. The van der Waals surface area contributed by atoms with E-state index in [9.17, 15) is 9.59 Å². The summed E-state index contributed by atoms with van der Waals surface area (Å²) in [6.07, 6.45) is 3.55. The Balaban J connectivity index is 1.67. The van der Waals surface area contributed by atoms with Gasteiger partial charge < -0.3 is 4.98 Å². The lowest BCUT2D eigenvalue weighted by Crippen LogP contribution is -2.23. The Bertz CT molecular complexity index is 1040. The predicted octanol–water partition coefficient (Wildman–Crippen LogP) is 3.02. The van der Waals surface area contributed by atoms with Crippen molar-refractivity contribution in [2.45, 2.75) is 25.2 Å². The van der Waals surface area contributed by atoms with Crippen molar-refractivity contribution in [2.24, 2.45) is 5.10 Å². The van der Waals surface area contributed by atoms with E-state index < -0.39 is 0 Å². The summed E-state index contributed by atoms with van der Waals surface area (Å²) in [5, 5.41) is 4.55. The van der Waals surface area contributed by atoms with Crippen molar-refractivity contribution in [2.75, 3.05) is 6.26 Å². The summed E-state index contributed by atoms with van der Waals surface area (Å²) < 4.78 is 0. The molecular formula is C18H18N4O2S2. The van der Waals surface area contributed by atoms with Crippen LogP contribution in [0.2, 0.25) is 0 Å². The van der Waals surface area contributed by atoms with Gasteiger partial charge in [-0.2, -0.15) is 5.10 Å². The van der Waals surface area contributed by atoms with E-state index in [1.165, 1.54) is 11.3 Å². The molecular weight excluding hydrogens is 368 g/mol. The van der Waals surface area contributed by atoms with Gasteiger partial charge in [-0.3, -0.25) is 9.59 Å². The van der Waals surface area contributed by atoms with Crippen molar-refractivity contribution in [3.63, 3.8) is 0 Å². The van der Waals surface area contributed by atoms with Crippen molar-refractivity contribution in [1.82, 2.24) is 15.4 Å². The molecule has 8 heteroatoms. The summed E-state index contributed by atoms with van der Waals surface area (Å²) in [4.78, 5) is 34.2. The summed E-state index contributed by atoms with van der Waals surface area (Å²) in [5.74, 6) is -0.00439. The maximum Gasteiger partial charge on any atom is 0.259 e. The molecule has 0 aliphatic carbocycles. The standard InChI is InChI=1S/C18H18N4O2S2/c1-10-11(2)26-18-16(10)17(24)20-14(21-18)8-15(23)22-19-9-12-4-6-13(25-3)7-5-12/h4-7,9H,8H2,1-3H3,(H,22,23)(H,20,21,24)/b19-9-. The Morgan fingerprint density at radius 3 is 2.77 bits per heavy atom. The van der Waals surface area contributed by atoms with Crippen LogP contribution in [0.3, 0.4) is 0 Å². The van der Waals surface area contributed by atoms with Gasteiger partial charge in [0.15, 0.2) is 0 Å². The average molecular weight is 387 g/mol. The van der Waals surface area contributed by atoms with E-state index in [-0.39, 0.29) is 17.9 Å². The number of hydrogen-bond donors (Lipinski definition) is 2. The van der Waals surface area contributed by atoms with Gasteiger partial charge in [0.2, 0.25) is 5.91 Å². The molecule has 0 aliphatic rings. The maximum atomic E-state index is 12.2. The van der Waals surface area contributed by atoms with E-state index in [0.29, 0.717) is 16.0 Å². The van der Waals surface area contributed by atoms with Gasteiger partial charge in [0.05, 0.1) is 18.0 Å². The molecule has 3 aromatic rings. The lowest BCUT2D eigenvalue weighted by Gasteiger charge is -2.01. The van der Waals surface area contributed by atoms with E-state index in [4.69, 9.17) is 0 Å². The summed E-state index contributed by atoms with van der Waals surface area (Å²) in [5.41, 5.74) is 4.07. The van der Waals surface area contributed by atoms with Crippen molar-refractivity contribution < 1.29 is 4.79 Å². The van der Waals surface area contributed by atoms with Crippen LogP contribution in [0.1, 0.15) is 21.8 Å². The Morgan fingerprint density at radius 1 is 1.35 bits per heavy atom. The quantitative estimate of drug-likeness (QED) is 0.401. The van der Waals surface area contributed by atoms with Gasteiger partial charge in [-0.1, -0.05) is 12.1 Å². The smallest absolute Gasteiger partial charge is 0.259 e. The third-order valence-electron chi connectivity index (χ3n) is 3.93. The summed E-state index contributed by atoms with van der Waals surface area (Å²) >= 11 is 3.12. The number of amides is 1. The summed E-state index contributed by atoms with van der Waals surface area (Å²) in [6, 6.07) is 7.83. The summed E-state index contributed by atoms with van der Waals surface area (Å²) in [7, 11) is 0. The van der Waals surface area contributed by atoms with Crippen molar-refractivity contribution in [3.8, 4) is 0 Å². The normalized spacial score (nSPS) is 11.3. The number of thioether (sulfide) groups is 1. The third-order valence-corrected chi connectivity index (χ3v) is 5.78. The summed E-state index contributed by atoms with van der Waals surface area (Å²) in [6.45, 7) is 3.85. The van der Waals surface area contributed by atoms with Gasteiger partial charge in [0, 0.05) is 9.77 Å². The number of carbonyl (C=O) groups is 1. The molecule has 2 aromatic heterocycles. The Morgan fingerprint density at radius 2 is 2.08 bits per heavy atom. The molecule has 0 saturated carbocycles. The number of carbonyl (C=O) groups excluding carboxylic acids is 1. The third kappa shape index (κ3) is 4.03. The molecule has 1 amide bonds. The van der Waals surface area contributed by atoms with Gasteiger partial charge in [-0.05, 0) is 43.4 Å². The first kappa shape index (κ1) is 18.3. The number of aromatic nitrogens is 2. The highest BCUT2D eigenvalue weighted by Gasteiger charge is 2.13. The molecule has 1 aromatic carbocycles. The molecule has 134 valence electrons. The Kier molecular flexibility index (Phi) is 5.53. The molecule has 0 bridgehead atoms. The van der Waals surface area contributed by atoms with E-state index >= 15 is 0 Å². The Labute approximate surface area is 158 Å². The second kappa shape index (κ2) is 7.84. The van der Waals surface area contributed by atoms with E-state index in [1.54, 1.807) is 18.0 Å². The SMILES string of the molecule is CSc1ccc(/C=N\NC(=O)Cc2nc3sc(C)c(C)c3c(=O)[nH]2)cc1. The van der Waals surface area contributed by atoms with Crippen LogP contribution >= 0.6 is 23.1 Å². The van der Waals surface area contributed by atoms with Crippen LogP contribution < -0.4 is 11.0 Å². The number of aryl methyl sites for hydroxylation is 2. The van der Waals surface area contributed by atoms with Crippen LogP contribution in [0, 0.1) is 13.8 Å². The molecule has 0 unspecified atom stereocenters. The fourth-order valence-corrected chi connectivity index (χ4v) is 3.90. The van der Waals surface area contributed by atoms with Crippen LogP contribution in [-0.2, 0) is 11.2 Å². The van der Waals surface area contributed by atoms with Gasteiger partial charge >= 0.3 is 0 Å². The minimum absolute atomic E-state index is 0.0378. The number of H-pyrrole nitrogens is 1.